The second-order valence-electron chi connectivity index (χ2n) is 10.5. The molecule has 4 rings (SSSR count). The lowest BCUT2D eigenvalue weighted by Gasteiger charge is -2.42. The van der Waals surface area contributed by atoms with Gasteiger partial charge in [0.15, 0.2) is 11.6 Å². The minimum absolute atomic E-state index is 0.519. The normalized spacial score (nSPS) is 25.5. The molecule has 0 saturated heterocycles. The second-order valence-corrected chi connectivity index (χ2v) is 10.5. The zero-order valence-corrected chi connectivity index (χ0v) is 20.0. The summed E-state index contributed by atoms with van der Waals surface area (Å²) in [6.45, 7) is 4.24. The van der Waals surface area contributed by atoms with Gasteiger partial charge in [0.1, 0.15) is 0 Å². The number of hydrogen-bond donors (Lipinski definition) is 0. The smallest absolute Gasteiger partial charge is 0.162 e. The van der Waals surface area contributed by atoms with Crippen molar-refractivity contribution < 1.29 is 8.78 Å². The first-order valence-electron chi connectivity index (χ1n) is 13.1. The van der Waals surface area contributed by atoms with Gasteiger partial charge in [-0.25, -0.2) is 8.78 Å². The Morgan fingerprint density at radius 1 is 0.688 bits per heavy atom. The number of rotatable bonds is 8. The quantitative estimate of drug-likeness (QED) is 0.386. The zero-order chi connectivity index (χ0) is 22.5. The van der Waals surface area contributed by atoms with Crippen LogP contribution in [-0.4, -0.2) is 0 Å². The fourth-order valence-electron chi connectivity index (χ4n) is 6.44. The molecule has 4 atom stereocenters. The van der Waals surface area contributed by atoms with Crippen LogP contribution in [0.1, 0.15) is 99.8 Å². The fraction of sp³-hybridized carbons (Fsp3) is 0.600. The highest BCUT2D eigenvalue weighted by molar-refractivity contribution is 5.27. The van der Waals surface area contributed by atoms with E-state index in [0.29, 0.717) is 29.9 Å². The molecule has 2 heteroatoms. The molecule has 0 radical (unpaired) electrons. The van der Waals surface area contributed by atoms with Crippen molar-refractivity contribution in [1.29, 1.82) is 0 Å². The third kappa shape index (κ3) is 5.43. The summed E-state index contributed by atoms with van der Waals surface area (Å²) in [5.41, 5.74) is 4.09. The van der Waals surface area contributed by atoms with Crippen molar-refractivity contribution in [2.24, 2.45) is 17.8 Å². The molecule has 0 amide bonds. The van der Waals surface area contributed by atoms with Gasteiger partial charge in [-0.2, -0.15) is 0 Å². The van der Waals surface area contributed by atoms with Gasteiger partial charge in [-0.3, -0.25) is 0 Å². The fourth-order valence-corrected chi connectivity index (χ4v) is 6.44. The van der Waals surface area contributed by atoms with Crippen LogP contribution in [0.3, 0.4) is 0 Å². The first kappa shape index (κ1) is 23.5. The van der Waals surface area contributed by atoms with Crippen molar-refractivity contribution >= 4 is 0 Å². The molecule has 2 saturated carbocycles. The summed E-state index contributed by atoms with van der Waals surface area (Å²) in [6, 6.07) is 13.0. The molecule has 2 fully saturated rings. The van der Waals surface area contributed by atoms with Crippen LogP contribution >= 0.6 is 0 Å². The summed E-state index contributed by atoms with van der Waals surface area (Å²) < 4.78 is 28.8. The van der Waals surface area contributed by atoms with Crippen LogP contribution in [0.15, 0.2) is 36.4 Å². The molecule has 0 aliphatic heterocycles. The van der Waals surface area contributed by atoms with E-state index in [-0.39, 0.29) is 0 Å². The van der Waals surface area contributed by atoms with Gasteiger partial charge in [-0.15, -0.1) is 0 Å². The van der Waals surface area contributed by atoms with Crippen LogP contribution in [0.4, 0.5) is 8.78 Å². The van der Waals surface area contributed by atoms with E-state index in [0.717, 1.165) is 30.6 Å². The van der Waals surface area contributed by atoms with Gasteiger partial charge in [0.25, 0.3) is 0 Å². The SMILES string of the molecule is CCCc1ccc(C2CCC3CC(CCc4ccc(CCC)c(F)c4F)CCC3C2)cc1. The predicted octanol–water partition coefficient (Wildman–Crippen LogP) is 8.80. The molecule has 0 heterocycles. The lowest BCUT2D eigenvalue weighted by atomic mass is 9.63. The number of fused-ring (bicyclic) bond motifs is 1. The Bertz CT molecular complexity index is 869. The van der Waals surface area contributed by atoms with E-state index in [1.165, 1.54) is 62.5 Å². The highest BCUT2D eigenvalue weighted by Crippen LogP contribution is 2.48. The average Bonchev–Trinajstić information content (AvgIpc) is 2.82. The number of hydrogen-bond acceptors (Lipinski definition) is 0. The van der Waals surface area contributed by atoms with Gasteiger partial charge in [0.2, 0.25) is 0 Å². The Kier molecular flexibility index (Phi) is 8.02. The average molecular weight is 439 g/mol. The number of benzene rings is 2. The predicted molar refractivity (Wildman–Crippen MR) is 130 cm³/mol. The summed E-state index contributed by atoms with van der Waals surface area (Å²) in [5.74, 6) is 1.85. The summed E-state index contributed by atoms with van der Waals surface area (Å²) in [7, 11) is 0. The molecule has 2 aliphatic rings. The van der Waals surface area contributed by atoms with E-state index < -0.39 is 11.6 Å². The maximum Gasteiger partial charge on any atom is 0.162 e. The third-order valence-corrected chi connectivity index (χ3v) is 8.29. The van der Waals surface area contributed by atoms with Gasteiger partial charge in [-0.1, -0.05) is 69.5 Å². The van der Waals surface area contributed by atoms with Gasteiger partial charge in [-0.05, 0) is 104 Å². The van der Waals surface area contributed by atoms with Crippen molar-refractivity contribution in [1.82, 2.24) is 0 Å². The van der Waals surface area contributed by atoms with E-state index in [1.807, 2.05) is 13.0 Å². The summed E-state index contributed by atoms with van der Waals surface area (Å²) >= 11 is 0. The Labute approximate surface area is 193 Å². The molecule has 2 aromatic carbocycles. The minimum Gasteiger partial charge on any atom is -0.203 e. The Morgan fingerprint density at radius 3 is 2.00 bits per heavy atom. The number of aryl methyl sites for hydroxylation is 3. The first-order chi connectivity index (χ1) is 15.6. The minimum atomic E-state index is -0.617. The van der Waals surface area contributed by atoms with E-state index in [1.54, 1.807) is 6.07 Å². The van der Waals surface area contributed by atoms with Gasteiger partial charge in [0, 0.05) is 0 Å². The summed E-state index contributed by atoms with van der Waals surface area (Å²) in [6.07, 6.45) is 13.3. The Morgan fingerprint density at radius 2 is 1.31 bits per heavy atom. The van der Waals surface area contributed by atoms with Crippen molar-refractivity contribution in [3.05, 3.63) is 70.3 Å². The molecule has 2 aliphatic carbocycles. The highest BCUT2D eigenvalue weighted by atomic mass is 19.2. The molecule has 0 spiro atoms. The summed E-state index contributed by atoms with van der Waals surface area (Å²) in [5, 5.41) is 0. The van der Waals surface area contributed by atoms with Gasteiger partial charge in [0.05, 0.1) is 0 Å². The maximum absolute atomic E-state index is 14.5. The monoisotopic (exact) mass is 438 g/mol. The molecule has 4 unspecified atom stereocenters. The van der Waals surface area contributed by atoms with Crippen molar-refractivity contribution in [3.63, 3.8) is 0 Å². The van der Waals surface area contributed by atoms with Crippen LogP contribution in [-0.2, 0) is 19.3 Å². The van der Waals surface area contributed by atoms with E-state index in [2.05, 4.69) is 31.2 Å². The van der Waals surface area contributed by atoms with Crippen LogP contribution in [0, 0.1) is 29.4 Å². The lowest BCUT2D eigenvalue weighted by molar-refractivity contribution is 0.114. The van der Waals surface area contributed by atoms with Crippen LogP contribution in [0.2, 0.25) is 0 Å². The maximum atomic E-state index is 14.5. The Hall–Kier alpha value is -1.70. The molecule has 32 heavy (non-hydrogen) atoms. The molecule has 2 aromatic rings. The summed E-state index contributed by atoms with van der Waals surface area (Å²) in [4.78, 5) is 0. The molecule has 0 aromatic heterocycles. The van der Waals surface area contributed by atoms with Crippen molar-refractivity contribution in [2.75, 3.05) is 0 Å². The second kappa shape index (κ2) is 10.9. The first-order valence-corrected chi connectivity index (χ1v) is 13.1. The molecule has 0 N–H and O–H groups in total. The topological polar surface area (TPSA) is 0 Å². The van der Waals surface area contributed by atoms with Gasteiger partial charge >= 0.3 is 0 Å². The highest BCUT2D eigenvalue weighted by Gasteiger charge is 2.35. The standard InChI is InChI=1S/C30H40F2/c1-3-5-21-7-11-23(12-8-21)27-18-17-26-19-22(10-14-28(26)20-27)9-13-25-16-15-24(6-4-2)29(31)30(25)32/h7-8,11-12,15-16,22,26-28H,3-6,9-10,13-14,17-20H2,1-2H3. The third-order valence-electron chi connectivity index (χ3n) is 8.29. The molecular weight excluding hydrogens is 398 g/mol. The van der Waals surface area contributed by atoms with Crippen molar-refractivity contribution in [3.8, 4) is 0 Å². The molecule has 0 nitrogen and oxygen atoms in total. The van der Waals surface area contributed by atoms with E-state index in [4.69, 9.17) is 0 Å². The lowest BCUT2D eigenvalue weighted by Crippen LogP contribution is -2.30. The van der Waals surface area contributed by atoms with Crippen molar-refractivity contribution in [2.45, 2.75) is 96.8 Å². The number of halogens is 2. The van der Waals surface area contributed by atoms with E-state index in [9.17, 15) is 8.78 Å². The van der Waals surface area contributed by atoms with E-state index >= 15 is 0 Å². The van der Waals surface area contributed by atoms with Crippen LogP contribution in [0.5, 0.6) is 0 Å². The Balaban J connectivity index is 1.29. The molecule has 0 bridgehead atoms. The molecular formula is C30H40F2. The zero-order valence-electron chi connectivity index (χ0n) is 20.0. The largest absolute Gasteiger partial charge is 0.203 e. The van der Waals surface area contributed by atoms with Gasteiger partial charge < -0.3 is 0 Å². The molecule has 174 valence electrons. The van der Waals surface area contributed by atoms with Crippen LogP contribution in [0.25, 0.3) is 0 Å². The van der Waals surface area contributed by atoms with Crippen LogP contribution < -0.4 is 0 Å².